The minimum absolute atomic E-state index is 0.627. The highest BCUT2D eigenvalue weighted by molar-refractivity contribution is 9.10. The highest BCUT2D eigenvalue weighted by atomic mass is 79.9. The van der Waals surface area contributed by atoms with E-state index in [0.717, 1.165) is 59.5 Å². The van der Waals surface area contributed by atoms with Crippen LogP contribution in [0.4, 0.5) is 11.8 Å². The number of rotatable bonds is 6. The van der Waals surface area contributed by atoms with Crippen molar-refractivity contribution >= 4 is 38.7 Å². The Labute approximate surface area is 177 Å². The number of aromatic nitrogens is 4. The topological polar surface area (TPSA) is 69.7 Å². The van der Waals surface area contributed by atoms with Crippen molar-refractivity contribution in [3.05, 3.63) is 75.9 Å². The molecule has 2 N–H and O–H groups in total. The largest absolute Gasteiger partial charge is 0.354 e. The van der Waals surface area contributed by atoms with Crippen molar-refractivity contribution in [1.29, 1.82) is 0 Å². The SMILES string of the molecule is Brc1ccc(CCNc2nc3c4c([nH]nc4n2)CCN3Cc2ccccc2)cc1. The average Bonchev–Trinajstić information content (AvgIpc) is 3.16. The lowest BCUT2D eigenvalue weighted by atomic mass is 10.1. The van der Waals surface area contributed by atoms with E-state index in [2.05, 4.69) is 89.9 Å². The van der Waals surface area contributed by atoms with Crippen LogP contribution in [-0.4, -0.2) is 33.3 Å². The predicted molar refractivity (Wildman–Crippen MR) is 119 cm³/mol. The number of H-pyrrole nitrogens is 1. The van der Waals surface area contributed by atoms with Crippen molar-refractivity contribution in [1.82, 2.24) is 20.2 Å². The molecule has 6 nitrogen and oxygen atoms in total. The fourth-order valence-corrected chi connectivity index (χ4v) is 4.00. The maximum Gasteiger partial charge on any atom is 0.226 e. The molecule has 1 aliphatic rings. The van der Waals surface area contributed by atoms with Crippen LogP contribution in [0.5, 0.6) is 0 Å². The van der Waals surface area contributed by atoms with Gasteiger partial charge in [0.2, 0.25) is 5.95 Å². The Balaban J connectivity index is 1.38. The molecule has 0 fully saturated rings. The summed E-state index contributed by atoms with van der Waals surface area (Å²) in [5.74, 6) is 1.59. The number of nitrogens with one attached hydrogen (secondary N) is 2. The van der Waals surface area contributed by atoms with Crippen molar-refractivity contribution in [3.63, 3.8) is 0 Å². The molecule has 0 atom stereocenters. The summed E-state index contributed by atoms with van der Waals surface area (Å²) in [4.78, 5) is 11.8. The molecule has 2 aromatic heterocycles. The lowest BCUT2D eigenvalue weighted by molar-refractivity contribution is 0.747. The molecule has 3 heterocycles. The molecule has 0 amide bonds. The van der Waals surface area contributed by atoms with Crippen molar-refractivity contribution in [2.75, 3.05) is 23.3 Å². The van der Waals surface area contributed by atoms with Gasteiger partial charge in [0.05, 0.1) is 11.1 Å². The highest BCUT2D eigenvalue weighted by Crippen LogP contribution is 2.32. The zero-order valence-electron chi connectivity index (χ0n) is 15.9. The first-order chi connectivity index (χ1) is 14.3. The Bertz CT molecular complexity index is 1120. The Kier molecular flexibility index (Phi) is 4.89. The summed E-state index contributed by atoms with van der Waals surface area (Å²) < 4.78 is 1.09. The Morgan fingerprint density at radius 3 is 2.66 bits per heavy atom. The number of halogens is 1. The second-order valence-electron chi connectivity index (χ2n) is 7.23. The van der Waals surface area contributed by atoms with Crippen LogP contribution >= 0.6 is 15.9 Å². The van der Waals surface area contributed by atoms with E-state index in [1.807, 2.05) is 6.07 Å². The molecule has 0 spiro atoms. The van der Waals surface area contributed by atoms with Gasteiger partial charge in [0.15, 0.2) is 5.65 Å². The predicted octanol–water partition coefficient (Wildman–Crippen LogP) is 4.33. The van der Waals surface area contributed by atoms with Crippen LogP contribution in [0, 0.1) is 0 Å². The van der Waals surface area contributed by atoms with E-state index in [-0.39, 0.29) is 0 Å². The normalized spacial score (nSPS) is 13.1. The van der Waals surface area contributed by atoms with Gasteiger partial charge in [0.25, 0.3) is 0 Å². The zero-order chi connectivity index (χ0) is 19.6. The van der Waals surface area contributed by atoms with Crippen LogP contribution < -0.4 is 10.2 Å². The van der Waals surface area contributed by atoms with Crippen LogP contribution in [0.15, 0.2) is 59.1 Å². The van der Waals surface area contributed by atoms with Gasteiger partial charge in [-0.25, -0.2) is 0 Å². The van der Waals surface area contributed by atoms with Gasteiger partial charge < -0.3 is 10.2 Å². The van der Waals surface area contributed by atoms with E-state index in [9.17, 15) is 0 Å². The minimum atomic E-state index is 0.627. The summed E-state index contributed by atoms with van der Waals surface area (Å²) in [6.45, 7) is 2.51. The molecule has 0 aliphatic carbocycles. The monoisotopic (exact) mass is 448 g/mol. The van der Waals surface area contributed by atoms with Crippen LogP contribution in [0.3, 0.4) is 0 Å². The van der Waals surface area contributed by atoms with E-state index in [0.29, 0.717) is 5.95 Å². The van der Waals surface area contributed by atoms with Gasteiger partial charge in [0.1, 0.15) is 5.82 Å². The lowest BCUT2D eigenvalue weighted by Crippen LogP contribution is -2.29. The summed E-state index contributed by atoms with van der Waals surface area (Å²) in [5, 5.41) is 12.0. The van der Waals surface area contributed by atoms with E-state index >= 15 is 0 Å². The standard InChI is InChI=1S/C22H21BrN6/c23-17-8-6-15(7-9-17)10-12-24-22-25-20-19-18(27-28-20)11-13-29(21(19)26-22)14-16-4-2-1-3-5-16/h1-9H,10-14H2,(H2,24,25,26,27,28). The summed E-state index contributed by atoms with van der Waals surface area (Å²) in [7, 11) is 0. The third kappa shape index (κ3) is 3.82. The Morgan fingerprint density at radius 2 is 1.83 bits per heavy atom. The molecule has 2 aromatic carbocycles. The molecule has 146 valence electrons. The summed E-state index contributed by atoms with van der Waals surface area (Å²) in [6.07, 6.45) is 1.83. The summed E-state index contributed by atoms with van der Waals surface area (Å²) in [6, 6.07) is 18.9. The molecular formula is C22H21BrN6. The minimum Gasteiger partial charge on any atom is -0.354 e. The van der Waals surface area contributed by atoms with Crippen LogP contribution in [0.1, 0.15) is 16.8 Å². The van der Waals surface area contributed by atoms with Crippen molar-refractivity contribution in [2.24, 2.45) is 0 Å². The maximum absolute atomic E-state index is 4.86. The van der Waals surface area contributed by atoms with E-state index in [1.165, 1.54) is 11.1 Å². The summed E-state index contributed by atoms with van der Waals surface area (Å²) in [5.41, 5.74) is 4.40. The van der Waals surface area contributed by atoms with Crippen molar-refractivity contribution < 1.29 is 0 Å². The first-order valence-corrected chi connectivity index (χ1v) is 10.6. The van der Waals surface area contributed by atoms with Gasteiger partial charge in [-0.1, -0.05) is 58.4 Å². The van der Waals surface area contributed by atoms with Crippen molar-refractivity contribution in [2.45, 2.75) is 19.4 Å². The molecule has 0 bridgehead atoms. The number of benzene rings is 2. The van der Waals surface area contributed by atoms with E-state index in [1.54, 1.807) is 0 Å². The van der Waals surface area contributed by atoms with Crippen LogP contribution in [0.25, 0.3) is 11.0 Å². The van der Waals surface area contributed by atoms with Gasteiger partial charge >= 0.3 is 0 Å². The van der Waals surface area contributed by atoms with E-state index < -0.39 is 0 Å². The first kappa shape index (κ1) is 18.1. The second-order valence-corrected chi connectivity index (χ2v) is 8.15. The molecule has 4 aromatic rings. The van der Waals surface area contributed by atoms with Gasteiger partial charge in [0, 0.05) is 30.5 Å². The smallest absolute Gasteiger partial charge is 0.226 e. The van der Waals surface area contributed by atoms with Gasteiger partial charge in [-0.05, 0) is 29.7 Å². The van der Waals surface area contributed by atoms with Crippen LogP contribution in [0.2, 0.25) is 0 Å². The molecule has 0 unspecified atom stereocenters. The highest BCUT2D eigenvalue weighted by Gasteiger charge is 2.24. The zero-order valence-corrected chi connectivity index (χ0v) is 17.5. The lowest BCUT2D eigenvalue weighted by Gasteiger charge is -2.28. The van der Waals surface area contributed by atoms with Crippen LogP contribution in [-0.2, 0) is 19.4 Å². The molecule has 0 saturated heterocycles. The van der Waals surface area contributed by atoms with Crippen molar-refractivity contribution in [3.8, 4) is 0 Å². The molecule has 1 aliphatic heterocycles. The first-order valence-electron chi connectivity index (χ1n) is 9.78. The van der Waals surface area contributed by atoms with Gasteiger partial charge in [-0.2, -0.15) is 15.1 Å². The summed E-state index contributed by atoms with van der Waals surface area (Å²) >= 11 is 3.48. The number of anilines is 2. The number of aromatic amines is 1. The number of hydrogen-bond acceptors (Lipinski definition) is 5. The fraction of sp³-hybridized carbons (Fsp3) is 0.227. The number of hydrogen-bond donors (Lipinski definition) is 2. The molecule has 5 rings (SSSR count). The van der Waals surface area contributed by atoms with Gasteiger partial charge in [-0.15, -0.1) is 0 Å². The number of nitrogens with zero attached hydrogens (tertiary/aromatic N) is 4. The molecule has 29 heavy (non-hydrogen) atoms. The molecular weight excluding hydrogens is 428 g/mol. The third-order valence-corrected chi connectivity index (χ3v) is 5.76. The third-order valence-electron chi connectivity index (χ3n) is 5.23. The molecule has 0 radical (unpaired) electrons. The maximum atomic E-state index is 4.86. The van der Waals surface area contributed by atoms with Gasteiger partial charge in [-0.3, -0.25) is 5.10 Å². The quantitative estimate of drug-likeness (QED) is 0.459. The van der Waals surface area contributed by atoms with E-state index in [4.69, 9.17) is 4.98 Å². The Morgan fingerprint density at radius 1 is 1.00 bits per heavy atom. The average molecular weight is 449 g/mol. The molecule has 7 heteroatoms. The Hall–Kier alpha value is -2.93. The second kappa shape index (κ2) is 7.83. The fourth-order valence-electron chi connectivity index (χ4n) is 3.73. The molecule has 0 saturated carbocycles.